The number of unbranched alkanes of at least 4 members (excludes halogenated alkanes) is 27. The van der Waals surface area contributed by atoms with Gasteiger partial charge in [0.2, 0.25) is 0 Å². The fourth-order valence-corrected chi connectivity index (χ4v) is 23.4. The largest absolute Gasteiger partial charge is 0.464 e. The number of hydrogen-bond donors (Lipinski definition) is 0. The number of nitriles is 3. The monoisotopic (exact) mass is 2400 g/mol. The summed E-state index contributed by atoms with van der Waals surface area (Å²) in [4.78, 5) is 38.9. The predicted octanol–water partition coefficient (Wildman–Crippen LogP) is 37.1. The summed E-state index contributed by atoms with van der Waals surface area (Å²) < 4.78 is 560. The van der Waals surface area contributed by atoms with E-state index in [0.29, 0.717) is 47.2 Å². The van der Waals surface area contributed by atoms with Crippen LogP contribution in [0.25, 0.3) is 0 Å². The summed E-state index contributed by atoms with van der Waals surface area (Å²) in [6.45, 7) is 12.7. The summed E-state index contributed by atoms with van der Waals surface area (Å²) >= 11 is 21.4. The molecule has 870 valence electrons. The Kier molecular flexibility index (Phi) is 60.6. The van der Waals surface area contributed by atoms with Crippen molar-refractivity contribution in [2.24, 2.45) is 16.2 Å². The molecule has 3 atom stereocenters. The Morgan fingerprint density at radius 2 is 0.385 bits per heavy atom. The molecule has 0 rings (SSSR count). The van der Waals surface area contributed by atoms with Gasteiger partial charge in [-0.3, -0.25) is 14.4 Å². The van der Waals surface area contributed by atoms with Crippen LogP contribution in [0.5, 0.6) is 0 Å². The van der Waals surface area contributed by atoms with Crippen LogP contribution in [0.3, 0.4) is 0 Å². The van der Waals surface area contributed by atoms with Crippen molar-refractivity contribution in [3.8, 4) is 18.2 Å². The number of ether oxygens (including phenoxy) is 3. The van der Waals surface area contributed by atoms with Gasteiger partial charge in [-0.05, 0) is 118 Å². The third-order valence-electron chi connectivity index (χ3n) is 22.1. The van der Waals surface area contributed by atoms with Crippen LogP contribution in [-0.2, 0) is 28.6 Å². The van der Waals surface area contributed by atoms with Crippen LogP contribution in [0.15, 0.2) is 0 Å². The van der Waals surface area contributed by atoms with Crippen LogP contribution in [-0.4, -0.2) is 193 Å². The first-order chi connectivity index (χ1) is 66.5. The van der Waals surface area contributed by atoms with Gasteiger partial charge < -0.3 is 14.2 Å². The Morgan fingerprint density at radius 1 is 0.230 bits per heavy atom. The number of esters is 3. The molecule has 0 aliphatic carbocycles. The first-order valence-corrected chi connectivity index (χ1v) is 52.7. The lowest BCUT2D eigenvalue weighted by atomic mass is 9.84. The van der Waals surface area contributed by atoms with Crippen molar-refractivity contribution in [2.45, 2.75) is 448 Å². The van der Waals surface area contributed by atoms with Crippen molar-refractivity contribution < 1.29 is 209 Å². The van der Waals surface area contributed by atoms with Crippen LogP contribution in [0.4, 0.5) is 180 Å². The third kappa shape index (κ3) is 43.0. The second kappa shape index (κ2) is 60.4. The van der Waals surface area contributed by atoms with Gasteiger partial charge in [-0.2, -0.15) is 196 Å². The van der Waals surface area contributed by atoms with Gasteiger partial charge in [0.25, 0.3) is 0 Å². The van der Waals surface area contributed by atoms with Gasteiger partial charge in [0.1, 0.15) is 24.8 Å². The van der Waals surface area contributed by atoms with Crippen LogP contribution < -0.4 is 0 Å². The van der Waals surface area contributed by atoms with Crippen molar-refractivity contribution >= 4 is 136 Å². The molecule has 0 radical (unpaired) electrons. The maximum absolute atomic E-state index is 14.5. The van der Waals surface area contributed by atoms with Gasteiger partial charge >= 0.3 is 131 Å². The highest BCUT2D eigenvalue weighted by Gasteiger charge is 2.92. The predicted molar refractivity (Wildman–Crippen MR) is 499 cm³/mol. The smallest absolute Gasteiger partial charge is 0.460 e. The average molecular weight is 2400 g/mol. The number of thioether (sulfide) groups is 6. The number of carbonyl (C=O) groups excluding carboxylic acids is 3. The molecule has 0 aliphatic heterocycles. The molecule has 0 saturated heterocycles. The minimum Gasteiger partial charge on any atom is -0.464 e. The molecular formula is C89H122F41N3O6S9. The normalized spacial score (nSPS) is 15.2. The summed E-state index contributed by atoms with van der Waals surface area (Å²) in [5.74, 6) is -123. The lowest BCUT2D eigenvalue weighted by molar-refractivity contribution is -0.440. The molecule has 0 heterocycles. The van der Waals surface area contributed by atoms with E-state index in [1.165, 1.54) is 131 Å². The summed E-state index contributed by atoms with van der Waals surface area (Å²) in [6.07, 6.45) is -3.88. The van der Waals surface area contributed by atoms with Gasteiger partial charge in [-0.25, -0.2) is 0 Å². The van der Waals surface area contributed by atoms with Crippen molar-refractivity contribution in [3.63, 3.8) is 0 Å². The third-order valence-corrected chi connectivity index (χ3v) is 30.7. The van der Waals surface area contributed by atoms with Gasteiger partial charge in [-0.15, -0.1) is 35.3 Å². The van der Waals surface area contributed by atoms with E-state index in [1.807, 2.05) is 18.2 Å². The molecule has 148 heavy (non-hydrogen) atoms. The number of carbonyl (C=O) groups is 3. The quantitative estimate of drug-likeness (QED) is 0.0187. The molecule has 0 N–H and O–H groups in total. The Morgan fingerprint density at radius 3 is 0.574 bits per heavy atom. The number of thiocarbonyl (C=S) groups is 3. The second-order valence-corrected chi connectivity index (χ2v) is 48.9. The molecule has 0 amide bonds. The van der Waals surface area contributed by atoms with E-state index in [2.05, 4.69) is 35.0 Å². The molecule has 0 aromatic carbocycles. The number of alkyl halides is 41. The van der Waals surface area contributed by atoms with E-state index in [-0.39, 0.29) is 23.4 Å². The summed E-state index contributed by atoms with van der Waals surface area (Å²) in [5.41, 5.74) is -3.84. The minimum atomic E-state index is -8.28. The van der Waals surface area contributed by atoms with Gasteiger partial charge in [-0.1, -0.05) is 266 Å². The highest BCUT2D eigenvalue weighted by molar-refractivity contribution is 8.48. The molecule has 3 unspecified atom stereocenters. The number of nitrogens with zero attached hydrogens (tertiary/aromatic N) is 3. The molecule has 0 aromatic rings. The summed E-state index contributed by atoms with van der Waals surface area (Å²) in [6, 6.07) is 5.66. The van der Waals surface area contributed by atoms with E-state index in [0.717, 1.165) is 164 Å². The van der Waals surface area contributed by atoms with Gasteiger partial charge in [0.05, 0.1) is 80.0 Å². The average Bonchev–Trinajstić information content (AvgIpc) is 0.710. The van der Waals surface area contributed by atoms with Crippen LogP contribution in [0, 0.1) is 50.2 Å². The SMILES string of the molecule is CCCCCCCCCCCCSC(=S)SC(C)(CC(C)(C)C#N)C(=O)OCCC(F)(F)C(F)(F)C(F)(F)C(F)(F)C(F)(F)C(F)(F)F.CCCCCCCCCCCCSC(=S)SC(C)(CC(C)(C)C#N)C(=O)OCCC(F)(F)C(F)(F)C(F)(F)C(F)(F)C(F)(F)CC(F)(F)C(F)(F)C(F)(F)C(F)(F)F.CCCCCCCCCCCCSC(=S)SC(C)(CC(C)(C)C#N)C(=O)OCCC(F)(F)C(F)(F)C(F)(F)C(F)(F)F. The van der Waals surface area contributed by atoms with E-state index < -0.39 is 214 Å². The van der Waals surface area contributed by atoms with Crippen LogP contribution in [0.2, 0.25) is 0 Å². The number of rotatable bonds is 68. The fraction of sp³-hybridized carbons (Fsp3) is 0.899. The zero-order valence-corrected chi connectivity index (χ0v) is 89.7. The molecule has 0 aliphatic rings. The van der Waals surface area contributed by atoms with E-state index in [1.54, 1.807) is 0 Å². The Bertz CT molecular complexity index is 4160. The first-order valence-electron chi connectivity index (χ1n) is 46.1. The molecule has 59 heteroatoms. The molecule has 0 fully saturated rings. The first kappa shape index (κ1) is 148. The lowest BCUT2D eigenvalue weighted by Gasteiger charge is -2.41. The zero-order chi connectivity index (χ0) is 117. The van der Waals surface area contributed by atoms with Gasteiger partial charge in [0.15, 0.2) is 0 Å². The minimum absolute atomic E-state index is 0.0502. The zero-order valence-electron chi connectivity index (χ0n) is 82.4. The Balaban J connectivity index is -0.00000216. The topological polar surface area (TPSA) is 150 Å². The van der Waals surface area contributed by atoms with E-state index in [4.69, 9.17) is 36.7 Å². The maximum atomic E-state index is 14.5. The van der Waals surface area contributed by atoms with Gasteiger partial charge in [0, 0.05) is 0 Å². The number of hydrogen-bond acceptors (Lipinski definition) is 18. The molecule has 0 bridgehead atoms. The van der Waals surface area contributed by atoms with Crippen molar-refractivity contribution in [3.05, 3.63) is 0 Å². The van der Waals surface area contributed by atoms with Crippen molar-refractivity contribution in [1.82, 2.24) is 0 Å². The fourth-order valence-electron chi connectivity index (χ4n) is 13.5. The maximum Gasteiger partial charge on any atom is 0.460 e. The standard InChI is InChI=1S/C33H42F19NO2S3.C29H40F13NO2S3.C27H40F9NO2S3/c1-5-6-7-8-9-10-11-12-13-14-17-57-22(56)58-24(4,18-23(2,3)20-53)21(54)55-16-15-25(34,35)28(40,41)31(46,47)29(42,43)26(36,37)19-27(38,39)30(44,45)32(48,49)33(50,51)52;1-5-6-7-8-9-10-11-12-13-14-17-47-21(46)48-23(4,18-22(2,3)19-43)20(44)45-16-15-24(30,31)25(32,33)26(34,35)27(36,37)28(38,39)29(40,41)42;1-5-6-7-8-9-10-11-12-13-14-17-41-21(40)42-23(4,18-22(2,3)19-37)20(38)39-16-15-24(28,29)25(30,31)26(32,33)27(34,35)36/h5-19H2,1-4H3;5-18H2,1-4H3;5-18H2,1-4H3. The molecule has 0 saturated carbocycles. The molecule has 0 spiro atoms. The second-order valence-electron chi connectivity index (χ2n) is 37.5. The highest BCUT2D eigenvalue weighted by atomic mass is 32.2. The highest BCUT2D eigenvalue weighted by Crippen LogP contribution is 2.65. The van der Waals surface area contributed by atoms with Crippen LogP contribution >= 0.6 is 107 Å². The Labute approximate surface area is 874 Å². The molecular weight excluding hydrogens is 2270 g/mol. The molecule has 0 aromatic heterocycles. The van der Waals surface area contributed by atoms with E-state index >= 15 is 0 Å². The van der Waals surface area contributed by atoms with Crippen LogP contribution in [0.1, 0.15) is 321 Å². The van der Waals surface area contributed by atoms with E-state index in [9.17, 15) is 210 Å². The Hall–Kier alpha value is -3.62. The van der Waals surface area contributed by atoms with Crippen molar-refractivity contribution in [1.29, 1.82) is 15.8 Å². The molecule has 9 nitrogen and oxygen atoms in total. The lowest BCUT2D eigenvalue weighted by Crippen LogP contribution is -2.70. The number of halogens is 41. The summed E-state index contributed by atoms with van der Waals surface area (Å²) in [5, 5.41) is 28.3. The van der Waals surface area contributed by atoms with Crippen molar-refractivity contribution in [2.75, 3.05) is 37.1 Å². The summed E-state index contributed by atoms with van der Waals surface area (Å²) in [7, 11) is 0.